The number of benzene rings is 1. The van der Waals surface area contributed by atoms with Gasteiger partial charge in [0.15, 0.2) is 5.89 Å². The Morgan fingerprint density at radius 3 is 2.86 bits per heavy atom. The van der Waals surface area contributed by atoms with Gasteiger partial charge in [-0.2, -0.15) is 0 Å². The van der Waals surface area contributed by atoms with Gasteiger partial charge in [0.2, 0.25) is 0 Å². The van der Waals surface area contributed by atoms with E-state index in [1.54, 1.807) is 17.0 Å². The van der Waals surface area contributed by atoms with Crippen molar-refractivity contribution >= 4 is 5.91 Å². The predicted octanol–water partition coefficient (Wildman–Crippen LogP) is 3.28. The normalized spacial score (nSPS) is 18.0. The van der Waals surface area contributed by atoms with Crippen molar-refractivity contribution in [1.82, 2.24) is 9.88 Å². The van der Waals surface area contributed by atoms with Crippen LogP contribution in [-0.4, -0.2) is 22.3 Å². The zero-order valence-electron chi connectivity index (χ0n) is 12.2. The average molecular weight is 300 g/mol. The van der Waals surface area contributed by atoms with Crippen LogP contribution in [0.3, 0.4) is 0 Å². The van der Waals surface area contributed by atoms with Crippen LogP contribution in [-0.2, 0) is 13.0 Å². The number of hydrogen-bond acceptors (Lipinski definition) is 3. The highest BCUT2D eigenvalue weighted by Gasteiger charge is 2.30. The molecule has 1 aromatic heterocycles. The minimum absolute atomic E-state index is 0.119. The molecule has 22 heavy (non-hydrogen) atoms. The maximum absolute atomic E-state index is 13.8. The van der Waals surface area contributed by atoms with Crippen molar-refractivity contribution in [2.45, 2.75) is 38.1 Å². The maximum Gasteiger partial charge on any atom is 0.257 e. The first-order valence-electron chi connectivity index (χ1n) is 7.74. The number of carbonyl (C=O) groups excluding carboxylic acids is 1. The summed E-state index contributed by atoms with van der Waals surface area (Å²) in [6, 6.07) is 6.10. The first kappa shape index (κ1) is 13.5. The van der Waals surface area contributed by atoms with E-state index >= 15 is 0 Å². The van der Waals surface area contributed by atoms with Crippen LogP contribution in [0, 0.1) is 5.82 Å². The number of fused-ring (bicyclic) bond motifs is 1. The second-order valence-electron chi connectivity index (χ2n) is 6.01. The molecule has 0 radical (unpaired) electrons. The summed E-state index contributed by atoms with van der Waals surface area (Å²) in [6.45, 7) is 0.943. The maximum atomic E-state index is 13.8. The monoisotopic (exact) mass is 300 g/mol. The van der Waals surface area contributed by atoms with Crippen LogP contribution in [0.1, 0.15) is 52.9 Å². The Kier molecular flexibility index (Phi) is 3.21. The molecule has 2 aliphatic rings. The number of oxazole rings is 1. The molecule has 2 aromatic rings. The van der Waals surface area contributed by atoms with Crippen molar-refractivity contribution in [3.05, 3.63) is 53.0 Å². The van der Waals surface area contributed by atoms with Crippen molar-refractivity contribution in [2.75, 3.05) is 6.54 Å². The molecule has 0 saturated heterocycles. The summed E-state index contributed by atoms with van der Waals surface area (Å²) >= 11 is 0. The second kappa shape index (κ2) is 5.23. The van der Waals surface area contributed by atoms with E-state index in [0.29, 0.717) is 25.4 Å². The van der Waals surface area contributed by atoms with Crippen LogP contribution in [0.5, 0.6) is 0 Å². The molecular weight excluding hydrogens is 283 g/mol. The second-order valence-corrected chi connectivity index (χ2v) is 6.01. The molecule has 1 aromatic carbocycles. The summed E-state index contributed by atoms with van der Waals surface area (Å²) in [6.07, 6.45) is 4.15. The molecule has 0 unspecified atom stereocenters. The molecule has 4 nitrogen and oxygen atoms in total. The van der Waals surface area contributed by atoms with Crippen molar-refractivity contribution in [3.63, 3.8) is 0 Å². The van der Waals surface area contributed by atoms with E-state index in [9.17, 15) is 9.18 Å². The van der Waals surface area contributed by atoms with E-state index in [1.807, 2.05) is 0 Å². The molecule has 1 aliphatic carbocycles. The van der Waals surface area contributed by atoms with Gasteiger partial charge in [0.25, 0.3) is 5.91 Å². The lowest BCUT2D eigenvalue weighted by Crippen LogP contribution is -2.36. The molecule has 114 valence electrons. The van der Waals surface area contributed by atoms with Gasteiger partial charge in [-0.3, -0.25) is 4.79 Å². The van der Waals surface area contributed by atoms with Gasteiger partial charge in [0.1, 0.15) is 17.3 Å². The van der Waals surface area contributed by atoms with Crippen LogP contribution >= 0.6 is 0 Å². The molecule has 0 N–H and O–H groups in total. The van der Waals surface area contributed by atoms with Crippen LogP contribution < -0.4 is 0 Å². The van der Waals surface area contributed by atoms with E-state index < -0.39 is 5.82 Å². The Bertz CT molecular complexity index is 721. The molecule has 1 amide bonds. The molecule has 4 rings (SSSR count). The molecule has 1 fully saturated rings. The first-order chi connectivity index (χ1) is 10.7. The number of amides is 1. The lowest BCUT2D eigenvalue weighted by Gasteiger charge is -2.25. The molecule has 2 heterocycles. The van der Waals surface area contributed by atoms with Gasteiger partial charge < -0.3 is 9.32 Å². The Morgan fingerprint density at radius 1 is 1.32 bits per heavy atom. The fourth-order valence-electron chi connectivity index (χ4n) is 3.03. The molecule has 5 heteroatoms. The highest BCUT2D eigenvalue weighted by Crippen LogP contribution is 2.37. The zero-order valence-corrected chi connectivity index (χ0v) is 12.2. The summed E-state index contributed by atoms with van der Waals surface area (Å²) in [5.74, 6) is 1.39. The Balaban J connectivity index is 1.55. The summed E-state index contributed by atoms with van der Waals surface area (Å²) in [5, 5.41) is 0. The van der Waals surface area contributed by atoms with E-state index in [2.05, 4.69) is 4.98 Å². The summed E-state index contributed by atoms with van der Waals surface area (Å²) in [5.41, 5.74) is 0.950. The Labute approximate surface area is 127 Å². The van der Waals surface area contributed by atoms with Gasteiger partial charge in [-0.1, -0.05) is 18.6 Å². The van der Waals surface area contributed by atoms with Crippen molar-refractivity contribution in [1.29, 1.82) is 0 Å². The van der Waals surface area contributed by atoms with Crippen LogP contribution in [0.2, 0.25) is 0 Å². The zero-order chi connectivity index (χ0) is 15.1. The molecule has 0 bridgehead atoms. The average Bonchev–Trinajstić information content (AvgIpc) is 2.87. The molecular formula is C17H17FN2O2. The van der Waals surface area contributed by atoms with Gasteiger partial charge in [0, 0.05) is 18.9 Å². The van der Waals surface area contributed by atoms with Gasteiger partial charge in [-0.05, 0) is 25.0 Å². The van der Waals surface area contributed by atoms with Gasteiger partial charge >= 0.3 is 0 Å². The number of halogens is 1. The molecule has 1 aliphatic heterocycles. The fourth-order valence-corrected chi connectivity index (χ4v) is 3.03. The number of nitrogens with zero attached hydrogens (tertiary/aromatic N) is 2. The third kappa shape index (κ3) is 2.21. The van der Waals surface area contributed by atoms with Crippen molar-refractivity contribution in [3.8, 4) is 0 Å². The van der Waals surface area contributed by atoms with Crippen molar-refractivity contribution < 1.29 is 13.6 Å². The van der Waals surface area contributed by atoms with Gasteiger partial charge in [0.05, 0.1) is 12.1 Å². The van der Waals surface area contributed by atoms with Gasteiger partial charge in [-0.15, -0.1) is 0 Å². The van der Waals surface area contributed by atoms with Crippen LogP contribution in [0.25, 0.3) is 0 Å². The van der Waals surface area contributed by atoms with E-state index in [1.165, 1.54) is 18.6 Å². The Hall–Kier alpha value is -2.17. The predicted molar refractivity (Wildman–Crippen MR) is 77.9 cm³/mol. The van der Waals surface area contributed by atoms with Crippen molar-refractivity contribution in [2.24, 2.45) is 0 Å². The largest absolute Gasteiger partial charge is 0.445 e. The van der Waals surface area contributed by atoms with E-state index in [-0.39, 0.29) is 11.5 Å². The number of hydrogen-bond donors (Lipinski definition) is 0. The summed E-state index contributed by atoms with van der Waals surface area (Å²) in [4.78, 5) is 18.7. The van der Waals surface area contributed by atoms with E-state index in [0.717, 1.165) is 30.2 Å². The number of aromatic nitrogens is 1. The summed E-state index contributed by atoms with van der Waals surface area (Å²) < 4.78 is 19.6. The minimum Gasteiger partial charge on any atom is -0.445 e. The topological polar surface area (TPSA) is 46.3 Å². The summed E-state index contributed by atoms with van der Waals surface area (Å²) in [7, 11) is 0. The lowest BCUT2D eigenvalue weighted by atomic mass is 9.85. The highest BCUT2D eigenvalue weighted by atomic mass is 19.1. The molecule has 1 saturated carbocycles. The fraction of sp³-hybridized carbons (Fsp3) is 0.412. The molecule has 0 atom stereocenters. The third-order valence-corrected chi connectivity index (χ3v) is 4.59. The molecule has 0 spiro atoms. The standard InChI is InChI=1S/C17H17FN2O2/c18-13-7-2-1-6-12(13)17(21)20-9-8-15-14(10-20)19-16(22-15)11-4-3-5-11/h1-2,6-7,11H,3-5,8-10H2. The van der Waals surface area contributed by atoms with Crippen LogP contribution in [0.15, 0.2) is 28.7 Å². The number of rotatable bonds is 2. The smallest absolute Gasteiger partial charge is 0.257 e. The first-order valence-corrected chi connectivity index (χ1v) is 7.74. The Morgan fingerprint density at radius 2 is 2.14 bits per heavy atom. The SMILES string of the molecule is O=C(c1ccccc1F)N1CCc2oc(C3CCC3)nc2C1. The quantitative estimate of drug-likeness (QED) is 0.855. The van der Waals surface area contributed by atoms with E-state index in [4.69, 9.17) is 4.42 Å². The van der Waals surface area contributed by atoms with Crippen LogP contribution in [0.4, 0.5) is 4.39 Å². The minimum atomic E-state index is -0.478. The lowest BCUT2D eigenvalue weighted by molar-refractivity contribution is 0.0723. The third-order valence-electron chi connectivity index (χ3n) is 4.59. The highest BCUT2D eigenvalue weighted by molar-refractivity contribution is 5.94. The number of carbonyl (C=O) groups is 1. The van der Waals surface area contributed by atoms with Gasteiger partial charge in [-0.25, -0.2) is 9.37 Å².